The largest absolute Gasteiger partial charge is 0.463 e. The van der Waals surface area contributed by atoms with E-state index >= 15 is 0 Å². The van der Waals surface area contributed by atoms with Crippen LogP contribution < -0.4 is 4.72 Å². The Morgan fingerprint density at radius 2 is 1.71 bits per heavy atom. The van der Waals surface area contributed by atoms with Gasteiger partial charge in [-0.1, -0.05) is 17.7 Å². The number of sulfonamides is 1. The van der Waals surface area contributed by atoms with Crippen LogP contribution >= 0.6 is 0 Å². The number of nitrogens with one attached hydrogen (secondary N) is 1. The fourth-order valence-electron chi connectivity index (χ4n) is 2.27. The first-order chi connectivity index (χ1) is 9.63. The summed E-state index contributed by atoms with van der Waals surface area (Å²) >= 11 is 0. The van der Waals surface area contributed by atoms with Crippen molar-refractivity contribution in [2.75, 3.05) is 6.54 Å². The highest BCUT2D eigenvalue weighted by molar-refractivity contribution is 7.89. The predicted octanol–water partition coefficient (Wildman–Crippen LogP) is 2.23. The molecule has 1 aromatic rings. The van der Waals surface area contributed by atoms with Crippen molar-refractivity contribution in [2.45, 2.75) is 52.0 Å². The van der Waals surface area contributed by atoms with Crippen molar-refractivity contribution >= 4 is 16.0 Å². The van der Waals surface area contributed by atoms with E-state index < -0.39 is 16.0 Å². The third-order valence-electron chi connectivity index (χ3n) is 2.86. The van der Waals surface area contributed by atoms with Crippen LogP contribution in [0.2, 0.25) is 0 Å². The van der Waals surface area contributed by atoms with E-state index in [-0.39, 0.29) is 24.0 Å². The quantitative estimate of drug-likeness (QED) is 0.817. The van der Waals surface area contributed by atoms with Gasteiger partial charge in [0.15, 0.2) is 0 Å². The van der Waals surface area contributed by atoms with E-state index in [0.29, 0.717) is 11.1 Å². The molecule has 1 rings (SSSR count). The van der Waals surface area contributed by atoms with E-state index in [1.54, 1.807) is 27.7 Å². The van der Waals surface area contributed by atoms with Gasteiger partial charge < -0.3 is 4.74 Å². The normalized spacial score (nSPS) is 11.7. The van der Waals surface area contributed by atoms with E-state index in [2.05, 4.69) is 4.72 Å². The molecule has 6 heteroatoms. The molecule has 1 aromatic carbocycles. The second-order valence-electron chi connectivity index (χ2n) is 5.41. The first-order valence-corrected chi connectivity index (χ1v) is 8.39. The first-order valence-electron chi connectivity index (χ1n) is 6.90. The Kier molecular flexibility index (Phi) is 5.92. The fourth-order valence-corrected chi connectivity index (χ4v) is 3.75. The van der Waals surface area contributed by atoms with Gasteiger partial charge in [-0.2, -0.15) is 0 Å². The van der Waals surface area contributed by atoms with Gasteiger partial charge in [-0.3, -0.25) is 4.79 Å². The molecule has 0 spiro atoms. The van der Waals surface area contributed by atoms with Crippen molar-refractivity contribution in [3.05, 3.63) is 28.8 Å². The minimum atomic E-state index is -3.62. The van der Waals surface area contributed by atoms with Crippen LogP contribution in [0.5, 0.6) is 0 Å². The van der Waals surface area contributed by atoms with Gasteiger partial charge in [0.05, 0.1) is 17.4 Å². The molecule has 0 atom stereocenters. The zero-order chi connectivity index (χ0) is 16.2. The highest BCUT2D eigenvalue weighted by Crippen LogP contribution is 2.21. The standard InChI is InChI=1S/C15H23NO4S/c1-10(2)20-14(17)6-7-16-21(18,19)15-12(4)8-11(3)9-13(15)5/h8-10,16H,6-7H2,1-5H3. The Bertz CT molecular complexity index is 598. The molecule has 0 aliphatic carbocycles. The maximum absolute atomic E-state index is 12.3. The van der Waals surface area contributed by atoms with Gasteiger partial charge >= 0.3 is 5.97 Å². The Hall–Kier alpha value is -1.40. The smallest absolute Gasteiger partial charge is 0.307 e. The summed E-state index contributed by atoms with van der Waals surface area (Å²) in [6.45, 7) is 8.98. The highest BCUT2D eigenvalue weighted by Gasteiger charge is 2.20. The molecule has 0 saturated heterocycles. The molecule has 21 heavy (non-hydrogen) atoms. The van der Waals surface area contributed by atoms with Gasteiger partial charge in [0.2, 0.25) is 10.0 Å². The first kappa shape index (κ1) is 17.7. The maximum atomic E-state index is 12.3. The van der Waals surface area contributed by atoms with Crippen molar-refractivity contribution in [3.63, 3.8) is 0 Å². The summed E-state index contributed by atoms with van der Waals surface area (Å²) in [6.07, 6.45) is -0.183. The molecule has 1 N–H and O–H groups in total. The number of rotatable bonds is 6. The van der Waals surface area contributed by atoms with Crippen LogP contribution in [-0.4, -0.2) is 27.0 Å². The van der Waals surface area contributed by atoms with Crippen molar-refractivity contribution in [3.8, 4) is 0 Å². The summed E-state index contributed by atoms with van der Waals surface area (Å²) in [6, 6.07) is 3.66. The van der Waals surface area contributed by atoms with E-state index in [9.17, 15) is 13.2 Å². The van der Waals surface area contributed by atoms with Crippen molar-refractivity contribution in [2.24, 2.45) is 0 Å². The number of carbonyl (C=O) groups excluding carboxylic acids is 1. The van der Waals surface area contributed by atoms with Gasteiger partial charge in [-0.25, -0.2) is 13.1 Å². The molecule has 0 unspecified atom stereocenters. The van der Waals surface area contributed by atoms with Crippen molar-refractivity contribution in [1.29, 1.82) is 0 Å². The lowest BCUT2D eigenvalue weighted by Gasteiger charge is -2.13. The third-order valence-corrected chi connectivity index (χ3v) is 4.63. The monoisotopic (exact) mass is 313 g/mol. The van der Waals surface area contributed by atoms with Gasteiger partial charge in [-0.05, 0) is 45.7 Å². The summed E-state index contributed by atoms with van der Waals surface area (Å²) in [5, 5.41) is 0. The molecular weight excluding hydrogens is 290 g/mol. The average Bonchev–Trinajstić information content (AvgIpc) is 2.24. The number of hydrogen-bond acceptors (Lipinski definition) is 4. The van der Waals surface area contributed by atoms with E-state index in [1.165, 1.54) is 0 Å². The molecule has 0 fully saturated rings. The summed E-state index contributed by atoms with van der Waals surface area (Å²) in [5.74, 6) is -0.412. The van der Waals surface area contributed by atoms with E-state index in [0.717, 1.165) is 5.56 Å². The SMILES string of the molecule is Cc1cc(C)c(S(=O)(=O)NCCC(=O)OC(C)C)c(C)c1. The second-order valence-corrected chi connectivity index (χ2v) is 7.12. The summed E-state index contributed by atoms with van der Waals surface area (Å²) in [4.78, 5) is 11.7. The number of hydrogen-bond donors (Lipinski definition) is 1. The summed E-state index contributed by atoms with van der Waals surface area (Å²) in [5.41, 5.74) is 2.42. The van der Waals surface area contributed by atoms with Crippen LogP contribution in [0.1, 0.15) is 37.0 Å². The molecule has 0 aliphatic heterocycles. The molecule has 0 bridgehead atoms. The molecule has 5 nitrogen and oxygen atoms in total. The number of esters is 1. The average molecular weight is 313 g/mol. The van der Waals surface area contributed by atoms with E-state index in [1.807, 2.05) is 19.1 Å². The number of aryl methyl sites for hydroxylation is 3. The fraction of sp³-hybridized carbons (Fsp3) is 0.533. The van der Waals surface area contributed by atoms with Crippen LogP contribution in [0.25, 0.3) is 0 Å². The molecule has 0 aliphatic rings. The Balaban J connectivity index is 2.77. The van der Waals surface area contributed by atoms with Gasteiger partial charge in [0, 0.05) is 6.54 Å². The number of benzene rings is 1. The maximum Gasteiger partial charge on any atom is 0.307 e. The van der Waals surface area contributed by atoms with Crippen LogP contribution in [0.15, 0.2) is 17.0 Å². The van der Waals surface area contributed by atoms with Gasteiger partial charge in [-0.15, -0.1) is 0 Å². The lowest BCUT2D eigenvalue weighted by molar-refractivity contribution is -0.147. The minimum absolute atomic E-state index is 0.0152. The molecule has 0 saturated carbocycles. The molecule has 0 radical (unpaired) electrons. The predicted molar refractivity (Wildman–Crippen MR) is 81.7 cm³/mol. The molecular formula is C15H23NO4S. The zero-order valence-corrected chi connectivity index (χ0v) is 14.0. The Morgan fingerprint density at radius 1 is 1.19 bits per heavy atom. The second kappa shape index (κ2) is 7.04. The van der Waals surface area contributed by atoms with Crippen LogP contribution in [-0.2, 0) is 19.6 Å². The molecule has 0 amide bonds. The van der Waals surface area contributed by atoms with Gasteiger partial charge in [0.1, 0.15) is 0 Å². The summed E-state index contributed by atoms with van der Waals surface area (Å²) < 4.78 is 32.1. The van der Waals surface area contributed by atoms with Crippen LogP contribution in [0.4, 0.5) is 0 Å². The van der Waals surface area contributed by atoms with Crippen LogP contribution in [0, 0.1) is 20.8 Å². The van der Waals surface area contributed by atoms with Crippen molar-refractivity contribution < 1.29 is 17.9 Å². The van der Waals surface area contributed by atoms with E-state index in [4.69, 9.17) is 4.74 Å². The molecule has 0 aromatic heterocycles. The molecule has 0 heterocycles. The lowest BCUT2D eigenvalue weighted by Crippen LogP contribution is -2.28. The van der Waals surface area contributed by atoms with Crippen LogP contribution in [0.3, 0.4) is 0 Å². The zero-order valence-electron chi connectivity index (χ0n) is 13.2. The summed E-state index contributed by atoms with van der Waals surface area (Å²) in [7, 11) is -3.62. The molecule has 118 valence electrons. The lowest BCUT2D eigenvalue weighted by atomic mass is 10.1. The minimum Gasteiger partial charge on any atom is -0.463 e. The van der Waals surface area contributed by atoms with Gasteiger partial charge in [0.25, 0.3) is 0 Å². The number of carbonyl (C=O) groups is 1. The number of ether oxygens (including phenoxy) is 1. The third kappa shape index (κ3) is 5.13. The Morgan fingerprint density at radius 3 is 2.19 bits per heavy atom. The topological polar surface area (TPSA) is 72.5 Å². The van der Waals surface area contributed by atoms with Crippen molar-refractivity contribution in [1.82, 2.24) is 4.72 Å². The highest BCUT2D eigenvalue weighted by atomic mass is 32.2. The Labute approximate surface area is 126 Å².